The van der Waals surface area contributed by atoms with E-state index in [0.717, 1.165) is 13.1 Å². The van der Waals surface area contributed by atoms with Gasteiger partial charge in [0.1, 0.15) is 0 Å². The summed E-state index contributed by atoms with van der Waals surface area (Å²) in [5.74, 6) is 0.635. The summed E-state index contributed by atoms with van der Waals surface area (Å²) in [6, 6.07) is 8.80. The van der Waals surface area contributed by atoms with E-state index in [1.54, 1.807) is 0 Å². The molecule has 1 saturated heterocycles. The van der Waals surface area contributed by atoms with Crippen LogP contribution in [0.2, 0.25) is 0 Å². The first-order valence-corrected chi connectivity index (χ1v) is 6.07. The van der Waals surface area contributed by atoms with Crippen molar-refractivity contribution in [1.29, 1.82) is 0 Å². The molecular weight excluding hydrogens is 196 g/mol. The van der Waals surface area contributed by atoms with Crippen molar-refractivity contribution < 1.29 is 0 Å². The summed E-state index contributed by atoms with van der Waals surface area (Å²) >= 11 is 0. The summed E-state index contributed by atoms with van der Waals surface area (Å²) < 4.78 is 0. The molecule has 1 aliphatic heterocycles. The average molecular weight is 218 g/mol. The van der Waals surface area contributed by atoms with Gasteiger partial charge in [0.25, 0.3) is 0 Å². The molecule has 0 bridgehead atoms. The van der Waals surface area contributed by atoms with E-state index in [-0.39, 0.29) is 5.54 Å². The first kappa shape index (κ1) is 11.5. The highest BCUT2D eigenvalue weighted by atomic mass is 15.2. The van der Waals surface area contributed by atoms with Crippen molar-refractivity contribution in [3.05, 3.63) is 29.8 Å². The quantitative estimate of drug-likeness (QED) is 0.826. The Morgan fingerprint density at radius 2 is 1.94 bits per heavy atom. The van der Waals surface area contributed by atoms with Crippen molar-refractivity contribution in [2.75, 3.05) is 18.0 Å². The summed E-state index contributed by atoms with van der Waals surface area (Å²) in [5.41, 5.74) is 8.67. The Hall–Kier alpha value is -1.02. The molecule has 0 radical (unpaired) electrons. The highest BCUT2D eigenvalue weighted by Crippen LogP contribution is 2.36. The summed E-state index contributed by atoms with van der Waals surface area (Å²) in [7, 11) is 0. The second-order valence-electron chi connectivity index (χ2n) is 5.56. The van der Waals surface area contributed by atoms with Crippen molar-refractivity contribution in [3.63, 3.8) is 0 Å². The fourth-order valence-corrected chi connectivity index (χ4v) is 2.72. The van der Waals surface area contributed by atoms with Gasteiger partial charge in [0.15, 0.2) is 0 Å². The second kappa shape index (κ2) is 4.10. The van der Waals surface area contributed by atoms with Crippen LogP contribution in [0.4, 0.5) is 5.69 Å². The molecule has 1 unspecified atom stereocenters. The largest absolute Gasteiger partial charge is 0.366 e. The molecule has 2 nitrogen and oxygen atoms in total. The van der Waals surface area contributed by atoms with E-state index in [2.05, 4.69) is 49.9 Å². The van der Waals surface area contributed by atoms with Gasteiger partial charge in [-0.3, -0.25) is 0 Å². The van der Waals surface area contributed by atoms with Gasteiger partial charge in [-0.25, -0.2) is 0 Å². The molecule has 0 spiro atoms. The summed E-state index contributed by atoms with van der Waals surface area (Å²) in [6.07, 6.45) is 1.19. The molecule has 2 rings (SSSR count). The Labute approximate surface area is 98.4 Å². The molecule has 2 heteroatoms. The monoisotopic (exact) mass is 218 g/mol. The second-order valence-corrected chi connectivity index (χ2v) is 5.56. The van der Waals surface area contributed by atoms with E-state index in [1.807, 2.05) is 0 Å². The van der Waals surface area contributed by atoms with Gasteiger partial charge in [-0.15, -0.1) is 0 Å². The van der Waals surface area contributed by atoms with E-state index >= 15 is 0 Å². The fourth-order valence-electron chi connectivity index (χ4n) is 2.72. The lowest BCUT2D eigenvalue weighted by Gasteiger charge is -2.33. The van der Waals surface area contributed by atoms with Crippen molar-refractivity contribution >= 4 is 5.69 Å². The molecule has 0 aliphatic carbocycles. The highest BCUT2D eigenvalue weighted by Gasteiger charge is 2.37. The molecular formula is C14H22N2. The number of hydrogen-bond acceptors (Lipinski definition) is 2. The van der Waals surface area contributed by atoms with E-state index in [4.69, 9.17) is 5.73 Å². The van der Waals surface area contributed by atoms with Crippen molar-refractivity contribution in [2.45, 2.75) is 32.7 Å². The van der Waals surface area contributed by atoms with Crippen molar-refractivity contribution in [3.8, 4) is 0 Å². The van der Waals surface area contributed by atoms with Crippen LogP contribution in [0.5, 0.6) is 0 Å². The normalized spacial score (nSPS) is 23.8. The third kappa shape index (κ3) is 2.07. The Morgan fingerprint density at radius 3 is 2.44 bits per heavy atom. The van der Waals surface area contributed by atoms with Crippen LogP contribution in [-0.4, -0.2) is 18.6 Å². The van der Waals surface area contributed by atoms with E-state index in [0.29, 0.717) is 5.92 Å². The predicted octanol–water partition coefficient (Wildman–Crippen LogP) is 2.56. The molecule has 0 aromatic heterocycles. The minimum Gasteiger partial charge on any atom is -0.366 e. The minimum absolute atomic E-state index is 0.235. The standard InChI is InChI=1S/C14H22N2/c1-11-4-6-13(7-5-11)16-10-12(9-15)8-14(16,2)3/h4-7,12H,8-10,15H2,1-3H3. The highest BCUT2D eigenvalue weighted by molar-refractivity contribution is 5.51. The molecule has 2 N–H and O–H groups in total. The van der Waals surface area contributed by atoms with Crippen LogP contribution in [-0.2, 0) is 0 Å². The lowest BCUT2D eigenvalue weighted by Crippen LogP contribution is -2.38. The van der Waals surface area contributed by atoms with Gasteiger partial charge in [-0.1, -0.05) is 17.7 Å². The lowest BCUT2D eigenvalue weighted by molar-refractivity contribution is 0.476. The van der Waals surface area contributed by atoms with Crippen LogP contribution in [0.25, 0.3) is 0 Å². The summed E-state index contributed by atoms with van der Waals surface area (Å²) in [6.45, 7) is 8.63. The zero-order valence-corrected chi connectivity index (χ0v) is 10.5. The van der Waals surface area contributed by atoms with Gasteiger partial charge < -0.3 is 10.6 Å². The maximum atomic E-state index is 5.79. The average Bonchev–Trinajstić information content (AvgIpc) is 2.55. The molecule has 88 valence electrons. The summed E-state index contributed by atoms with van der Waals surface area (Å²) in [4.78, 5) is 2.49. The van der Waals surface area contributed by atoms with Crippen LogP contribution in [0.3, 0.4) is 0 Å². The number of rotatable bonds is 2. The smallest absolute Gasteiger partial charge is 0.0370 e. The third-order valence-electron chi connectivity index (χ3n) is 3.64. The molecule has 1 heterocycles. The van der Waals surface area contributed by atoms with Crippen molar-refractivity contribution in [2.24, 2.45) is 11.7 Å². The van der Waals surface area contributed by atoms with E-state index in [1.165, 1.54) is 17.7 Å². The molecule has 16 heavy (non-hydrogen) atoms. The van der Waals surface area contributed by atoms with Gasteiger partial charge in [0.2, 0.25) is 0 Å². The van der Waals surface area contributed by atoms with Crippen LogP contribution in [0.1, 0.15) is 25.8 Å². The topological polar surface area (TPSA) is 29.3 Å². The van der Waals surface area contributed by atoms with Crippen LogP contribution < -0.4 is 10.6 Å². The minimum atomic E-state index is 0.235. The zero-order chi connectivity index (χ0) is 11.8. The molecule has 0 saturated carbocycles. The predicted molar refractivity (Wildman–Crippen MR) is 69.8 cm³/mol. The Morgan fingerprint density at radius 1 is 1.31 bits per heavy atom. The number of benzene rings is 1. The van der Waals surface area contributed by atoms with Crippen LogP contribution >= 0.6 is 0 Å². The van der Waals surface area contributed by atoms with Gasteiger partial charge in [0, 0.05) is 17.8 Å². The molecule has 1 aliphatic rings. The van der Waals surface area contributed by atoms with Gasteiger partial charge in [0.05, 0.1) is 0 Å². The lowest BCUT2D eigenvalue weighted by atomic mass is 9.96. The van der Waals surface area contributed by atoms with Crippen LogP contribution in [0.15, 0.2) is 24.3 Å². The number of nitrogens with two attached hydrogens (primary N) is 1. The molecule has 1 fully saturated rings. The van der Waals surface area contributed by atoms with Gasteiger partial charge in [-0.05, 0) is 51.8 Å². The Bertz CT molecular complexity index is 354. The first-order chi connectivity index (χ1) is 7.53. The van der Waals surface area contributed by atoms with Crippen molar-refractivity contribution in [1.82, 2.24) is 0 Å². The molecule has 1 aromatic rings. The van der Waals surface area contributed by atoms with Gasteiger partial charge >= 0.3 is 0 Å². The number of aryl methyl sites for hydroxylation is 1. The fraction of sp³-hybridized carbons (Fsp3) is 0.571. The Kier molecular flexibility index (Phi) is 2.94. The SMILES string of the molecule is Cc1ccc(N2CC(CN)CC2(C)C)cc1. The third-order valence-corrected chi connectivity index (χ3v) is 3.64. The Balaban J connectivity index is 2.23. The summed E-state index contributed by atoms with van der Waals surface area (Å²) in [5, 5.41) is 0. The maximum Gasteiger partial charge on any atom is 0.0370 e. The molecule has 1 aromatic carbocycles. The first-order valence-electron chi connectivity index (χ1n) is 6.07. The molecule has 1 atom stereocenters. The maximum absolute atomic E-state index is 5.79. The molecule has 0 amide bonds. The van der Waals surface area contributed by atoms with Crippen LogP contribution in [0, 0.1) is 12.8 Å². The number of nitrogens with zero attached hydrogens (tertiary/aromatic N) is 1. The number of hydrogen-bond donors (Lipinski definition) is 1. The zero-order valence-electron chi connectivity index (χ0n) is 10.5. The van der Waals surface area contributed by atoms with Gasteiger partial charge in [-0.2, -0.15) is 0 Å². The number of anilines is 1. The van der Waals surface area contributed by atoms with E-state index in [9.17, 15) is 0 Å². The van der Waals surface area contributed by atoms with E-state index < -0.39 is 0 Å².